The van der Waals surface area contributed by atoms with Gasteiger partial charge in [0, 0.05) is 5.57 Å². The third-order valence-electron chi connectivity index (χ3n) is 2.14. The lowest BCUT2D eigenvalue weighted by atomic mass is 10.1. The Hall–Kier alpha value is -2.10. The monoisotopic (exact) mass is 218 g/mol. The molecule has 0 radical (unpaired) electrons. The number of carbonyl (C=O) groups is 2. The van der Waals surface area contributed by atoms with Crippen LogP contribution in [0.4, 0.5) is 0 Å². The van der Waals surface area contributed by atoms with E-state index >= 15 is 0 Å². The highest BCUT2D eigenvalue weighted by Crippen LogP contribution is 2.17. The van der Waals surface area contributed by atoms with Crippen LogP contribution >= 0.6 is 0 Å². The summed E-state index contributed by atoms with van der Waals surface area (Å²) in [5.41, 5.74) is 1.41. The number of benzene rings is 1. The minimum atomic E-state index is -0.530. The maximum absolute atomic E-state index is 11.6. The molecule has 0 saturated carbocycles. The largest absolute Gasteiger partial charge is 0.389 e. The van der Waals surface area contributed by atoms with Gasteiger partial charge in [-0.25, -0.2) is 9.59 Å². The number of hydrogen-bond acceptors (Lipinski definition) is 4. The molecule has 0 N–H and O–H groups in total. The summed E-state index contributed by atoms with van der Waals surface area (Å²) in [7, 11) is 0. The van der Waals surface area contributed by atoms with E-state index in [0.717, 1.165) is 0 Å². The second kappa shape index (κ2) is 3.81. The highest BCUT2D eigenvalue weighted by Gasteiger charge is 2.20. The maximum atomic E-state index is 11.6. The van der Waals surface area contributed by atoms with Crippen molar-refractivity contribution < 1.29 is 19.1 Å². The van der Waals surface area contributed by atoms with Crippen molar-refractivity contribution in [3.8, 4) is 0 Å². The zero-order valence-corrected chi connectivity index (χ0v) is 8.94. The molecule has 0 aliphatic carbocycles. The number of ether oxygens (including phenoxy) is 2. The Bertz CT molecular complexity index is 439. The Kier molecular flexibility index (Phi) is 2.48. The van der Waals surface area contributed by atoms with Crippen LogP contribution in [0.25, 0.3) is 0 Å². The fraction of sp³-hybridized carbons (Fsp3) is 0.167. The Morgan fingerprint density at radius 1 is 0.875 bits per heavy atom. The van der Waals surface area contributed by atoms with Crippen molar-refractivity contribution in [3.63, 3.8) is 0 Å². The Balaban J connectivity index is 2.50. The van der Waals surface area contributed by atoms with Crippen LogP contribution in [0.3, 0.4) is 0 Å². The molecule has 2 heterocycles. The molecule has 0 aromatic heterocycles. The van der Waals surface area contributed by atoms with E-state index in [4.69, 9.17) is 9.47 Å². The van der Waals surface area contributed by atoms with Crippen molar-refractivity contribution >= 4 is 11.9 Å². The van der Waals surface area contributed by atoms with Gasteiger partial charge >= 0.3 is 11.9 Å². The number of carbonyl (C=O) groups excluding carboxylic acids is 2. The van der Waals surface area contributed by atoms with Crippen molar-refractivity contribution in [1.82, 2.24) is 0 Å². The molecule has 3 rings (SSSR count). The number of esters is 2. The van der Waals surface area contributed by atoms with Crippen LogP contribution in [-0.4, -0.2) is 11.9 Å². The van der Waals surface area contributed by atoms with E-state index < -0.39 is 11.9 Å². The first kappa shape index (κ1) is 10.4. The zero-order chi connectivity index (χ0) is 11.7. The van der Waals surface area contributed by atoms with Gasteiger partial charge in [-0.2, -0.15) is 0 Å². The molecule has 0 amide bonds. The van der Waals surface area contributed by atoms with Crippen LogP contribution in [0.15, 0.2) is 35.8 Å². The fourth-order valence-electron chi connectivity index (χ4n) is 1.25. The third-order valence-corrected chi connectivity index (χ3v) is 2.14. The standard InChI is InChI=1S/C12H10O4/c1-7(2)12-15-10(13)8-3-4-9(6-5-8)11(14)16-12/h3-6H,1-2H3. The Labute approximate surface area is 92.5 Å². The maximum Gasteiger partial charge on any atom is 0.345 e. The van der Waals surface area contributed by atoms with E-state index in [2.05, 4.69) is 0 Å². The molecule has 0 unspecified atom stereocenters. The van der Waals surface area contributed by atoms with Gasteiger partial charge in [-0.05, 0) is 38.1 Å². The lowest BCUT2D eigenvalue weighted by Crippen LogP contribution is -2.10. The molecule has 82 valence electrons. The Morgan fingerprint density at radius 2 is 1.25 bits per heavy atom. The highest BCUT2D eigenvalue weighted by atomic mass is 16.7. The van der Waals surface area contributed by atoms with E-state index in [9.17, 15) is 9.59 Å². The van der Waals surface area contributed by atoms with Gasteiger partial charge in [0.2, 0.25) is 0 Å². The minimum absolute atomic E-state index is 0.0441. The van der Waals surface area contributed by atoms with E-state index in [-0.39, 0.29) is 5.95 Å². The van der Waals surface area contributed by atoms with Gasteiger partial charge in [0.1, 0.15) is 0 Å². The number of allylic oxidation sites excluding steroid dienone is 1. The van der Waals surface area contributed by atoms with Gasteiger partial charge in [-0.3, -0.25) is 0 Å². The first-order chi connectivity index (χ1) is 7.58. The van der Waals surface area contributed by atoms with E-state index in [1.54, 1.807) is 13.8 Å². The molecule has 0 spiro atoms. The molecule has 2 bridgehead atoms. The van der Waals surface area contributed by atoms with E-state index in [1.807, 2.05) is 0 Å². The molecule has 1 aromatic rings. The first-order valence-electron chi connectivity index (χ1n) is 4.80. The quantitative estimate of drug-likeness (QED) is 0.627. The van der Waals surface area contributed by atoms with Gasteiger partial charge in [0.15, 0.2) is 0 Å². The summed E-state index contributed by atoms with van der Waals surface area (Å²) in [6, 6.07) is 6.14. The van der Waals surface area contributed by atoms with E-state index in [1.165, 1.54) is 24.3 Å². The molecule has 0 fully saturated rings. The second-order valence-corrected chi connectivity index (χ2v) is 3.64. The van der Waals surface area contributed by atoms with E-state index in [0.29, 0.717) is 16.7 Å². The number of rotatable bonds is 0. The zero-order valence-electron chi connectivity index (χ0n) is 8.94. The van der Waals surface area contributed by atoms with Crippen molar-refractivity contribution in [2.45, 2.75) is 13.8 Å². The highest BCUT2D eigenvalue weighted by molar-refractivity contribution is 5.95. The van der Waals surface area contributed by atoms with Gasteiger partial charge in [0.05, 0.1) is 11.1 Å². The molecule has 1 aromatic carbocycles. The number of hydrogen-bond donors (Lipinski definition) is 0. The predicted molar refractivity (Wildman–Crippen MR) is 55.6 cm³/mol. The van der Waals surface area contributed by atoms with Gasteiger partial charge in [0.25, 0.3) is 5.95 Å². The summed E-state index contributed by atoms with van der Waals surface area (Å²) >= 11 is 0. The smallest absolute Gasteiger partial charge is 0.345 e. The molecular weight excluding hydrogens is 208 g/mol. The van der Waals surface area contributed by atoms with Crippen molar-refractivity contribution in [2.75, 3.05) is 0 Å². The third kappa shape index (κ3) is 1.82. The molecule has 2 aliphatic rings. The van der Waals surface area contributed by atoms with Gasteiger partial charge < -0.3 is 9.47 Å². The minimum Gasteiger partial charge on any atom is -0.389 e. The summed E-state index contributed by atoms with van der Waals surface area (Å²) in [4.78, 5) is 23.2. The average molecular weight is 218 g/mol. The van der Waals surface area contributed by atoms with Crippen LogP contribution in [0.2, 0.25) is 0 Å². The van der Waals surface area contributed by atoms with Crippen LogP contribution in [0, 0.1) is 0 Å². The SMILES string of the molecule is CC(C)=C1OC(=O)c2ccc(cc2)C(=O)O1. The summed E-state index contributed by atoms with van der Waals surface area (Å²) in [6.07, 6.45) is 0. The lowest BCUT2D eigenvalue weighted by molar-refractivity contribution is 0.0227. The van der Waals surface area contributed by atoms with Crippen molar-refractivity contribution in [1.29, 1.82) is 0 Å². The van der Waals surface area contributed by atoms with Gasteiger partial charge in [-0.1, -0.05) is 0 Å². The normalized spacial score (nSPS) is 14.8. The molecule has 0 atom stereocenters. The molecule has 4 nitrogen and oxygen atoms in total. The molecule has 16 heavy (non-hydrogen) atoms. The Morgan fingerprint density at radius 3 is 1.56 bits per heavy atom. The van der Waals surface area contributed by atoms with Crippen molar-refractivity contribution in [3.05, 3.63) is 46.9 Å². The predicted octanol–water partition coefficient (Wildman–Crippen LogP) is 2.27. The molecule has 0 saturated heterocycles. The topological polar surface area (TPSA) is 52.6 Å². The van der Waals surface area contributed by atoms with Crippen LogP contribution < -0.4 is 0 Å². The molecule has 4 heteroatoms. The number of fused-ring (bicyclic) bond motifs is 6. The summed E-state index contributed by atoms with van der Waals surface area (Å²) in [5.74, 6) is -1.10. The summed E-state index contributed by atoms with van der Waals surface area (Å²) < 4.78 is 9.96. The van der Waals surface area contributed by atoms with Crippen LogP contribution in [0.5, 0.6) is 0 Å². The first-order valence-corrected chi connectivity index (χ1v) is 4.80. The molecular formula is C12H10O4. The lowest BCUT2D eigenvalue weighted by Gasteiger charge is -2.08. The van der Waals surface area contributed by atoms with Crippen LogP contribution in [-0.2, 0) is 9.47 Å². The van der Waals surface area contributed by atoms with Crippen LogP contribution in [0.1, 0.15) is 34.6 Å². The fourth-order valence-corrected chi connectivity index (χ4v) is 1.25. The second-order valence-electron chi connectivity index (χ2n) is 3.64. The summed E-state index contributed by atoms with van der Waals surface area (Å²) in [6.45, 7) is 3.40. The molecule has 2 aliphatic heterocycles. The average Bonchev–Trinajstić information content (AvgIpc) is 2.35. The summed E-state index contributed by atoms with van der Waals surface area (Å²) in [5, 5.41) is 0. The van der Waals surface area contributed by atoms with Crippen molar-refractivity contribution in [2.24, 2.45) is 0 Å². The van der Waals surface area contributed by atoms with Gasteiger partial charge in [-0.15, -0.1) is 0 Å².